The molecule has 2 aromatic rings. The Kier molecular flexibility index (Phi) is 4.99. The molecule has 142 valence electrons. The second kappa shape index (κ2) is 7.56. The maximum atomic E-state index is 12.6. The first-order valence-corrected chi connectivity index (χ1v) is 9.52. The lowest BCUT2D eigenvalue weighted by Gasteiger charge is -2.34. The van der Waals surface area contributed by atoms with E-state index in [1.165, 1.54) is 11.1 Å². The van der Waals surface area contributed by atoms with Crippen LogP contribution in [0.2, 0.25) is 0 Å². The Bertz CT molecular complexity index is 820. The van der Waals surface area contributed by atoms with Crippen LogP contribution in [-0.2, 0) is 29.0 Å². The van der Waals surface area contributed by atoms with Crippen molar-refractivity contribution in [1.29, 1.82) is 0 Å². The van der Waals surface area contributed by atoms with Crippen molar-refractivity contribution in [2.24, 2.45) is 0 Å². The molecule has 2 N–H and O–H groups in total. The van der Waals surface area contributed by atoms with Gasteiger partial charge in [-0.15, -0.1) is 0 Å². The van der Waals surface area contributed by atoms with E-state index in [2.05, 4.69) is 22.8 Å². The normalized spacial score (nSPS) is 20.3. The second-order valence-corrected chi connectivity index (χ2v) is 7.44. The molecule has 2 heterocycles. The van der Waals surface area contributed by atoms with E-state index in [9.17, 15) is 9.59 Å². The molecule has 1 saturated heterocycles. The quantitative estimate of drug-likeness (QED) is 0.841. The van der Waals surface area contributed by atoms with E-state index in [-0.39, 0.29) is 24.3 Å². The average Bonchev–Trinajstić information content (AvgIpc) is 3.23. The summed E-state index contributed by atoms with van der Waals surface area (Å²) in [7, 11) is 0. The third kappa shape index (κ3) is 4.06. The molecule has 4 rings (SSSR count). The molecule has 1 aromatic heterocycles. The Morgan fingerprint density at radius 2 is 1.96 bits per heavy atom. The minimum absolute atomic E-state index is 0.0736. The Balaban J connectivity index is 1.37. The smallest absolute Gasteiger partial charge is 0.237 e. The van der Waals surface area contributed by atoms with E-state index in [4.69, 9.17) is 4.42 Å². The van der Waals surface area contributed by atoms with Crippen LogP contribution in [0.5, 0.6) is 0 Å². The molecule has 1 aromatic carbocycles. The van der Waals surface area contributed by atoms with E-state index < -0.39 is 6.04 Å². The number of nitrogens with zero attached hydrogens (tertiary/aromatic N) is 1. The van der Waals surface area contributed by atoms with Gasteiger partial charge in [-0.3, -0.25) is 14.5 Å². The zero-order chi connectivity index (χ0) is 18.8. The van der Waals surface area contributed by atoms with Gasteiger partial charge in [0.25, 0.3) is 0 Å². The second-order valence-electron chi connectivity index (χ2n) is 7.44. The van der Waals surface area contributed by atoms with Crippen molar-refractivity contribution in [2.75, 3.05) is 13.1 Å². The summed E-state index contributed by atoms with van der Waals surface area (Å²) < 4.78 is 5.64. The summed E-state index contributed by atoms with van der Waals surface area (Å²) in [6.07, 6.45) is 1.88. The van der Waals surface area contributed by atoms with Crippen LogP contribution < -0.4 is 10.6 Å². The SMILES string of the molecule is Cc1ccc(CN2CCNC(=O)C2CC(=O)NC2Cc3ccccc3C2)o1. The molecule has 1 aliphatic carbocycles. The minimum atomic E-state index is -0.465. The number of nitrogens with one attached hydrogen (secondary N) is 2. The Hall–Kier alpha value is -2.60. The molecule has 6 heteroatoms. The van der Waals surface area contributed by atoms with Gasteiger partial charge in [-0.25, -0.2) is 0 Å². The van der Waals surface area contributed by atoms with Crippen LogP contribution in [0, 0.1) is 6.92 Å². The van der Waals surface area contributed by atoms with Crippen LogP contribution in [0.25, 0.3) is 0 Å². The monoisotopic (exact) mass is 367 g/mol. The Morgan fingerprint density at radius 1 is 1.22 bits per heavy atom. The summed E-state index contributed by atoms with van der Waals surface area (Å²) in [6.45, 7) is 3.73. The van der Waals surface area contributed by atoms with Crippen molar-refractivity contribution in [3.8, 4) is 0 Å². The highest BCUT2D eigenvalue weighted by molar-refractivity contribution is 5.89. The first kappa shape index (κ1) is 17.8. The van der Waals surface area contributed by atoms with Gasteiger partial charge in [-0.1, -0.05) is 24.3 Å². The van der Waals surface area contributed by atoms with Gasteiger partial charge in [-0.05, 0) is 43.0 Å². The Morgan fingerprint density at radius 3 is 2.63 bits per heavy atom. The number of amides is 2. The van der Waals surface area contributed by atoms with Gasteiger partial charge in [0.1, 0.15) is 11.5 Å². The lowest BCUT2D eigenvalue weighted by atomic mass is 10.1. The molecule has 1 atom stereocenters. The van der Waals surface area contributed by atoms with Gasteiger partial charge in [0.05, 0.1) is 19.0 Å². The maximum absolute atomic E-state index is 12.6. The van der Waals surface area contributed by atoms with Crippen LogP contribution in [0.15, 0.2) is 40.8 Å². The van der Waals surface area contributed by atoms with Crippen LogP contribution in [0.3, 0.4) is 0 Å². The van der Waals surface area contributed by atoms with Crippen LogP contribution in [-0.4, -0.2) is 41.9 Å². The topological polar surface area (TPSA) is 74.6 Å². The fraction of sp³-hybridized carbons (Fsp3) is 0.429. The number of hydrogen-bond donors (Lipinski definition) is 2. The summed E-state index contributed by atoms with van der Waals surface area (Å²) in [5.41, 5.74) is 2.60. The number of rotatable bonds is 5. The number of carbonyl (C=O) groups excluding carboxylic acids is 2. The first-order chi connectivity index (χ1) is 13.1. The van der Waals surface area contributed by atoms with Gasteiger partial charge in [-0.2, -0.15) is 0 Å². The molecule has 0 bridgehead atoms. The molecule has 1 unspecified atom stereocenters. The van der Waals surface area contributed by atoms with Crippen LogP contribution in [0.4, 0.5) is 0 Å². The zero-order valence-corrected chi connectivity index (χ0v) is 15.5. The summed E-state index contributed by atoms with van der Waals surface area (Å²) in [5.74, 6) is 1.50. The Labute approximate surface area is 158 Å². The van der Waals surface area contributed by atoms with Crippen molar-refractivity contribution >= 4 is 11.8 Å². The zero-order valence-electron chi connectivity index (χ0n) is 15.5. The van der Waals surface area contributed by atoms with Crippen molar-refractivity contribution in [3.63, 3.8) is 0 Å². The number of carbonyl (C=O) groups is 2. The molecule has 27 heavy (non-hydrogen) atoms. The van der Waals surface area contributed by atoms with Gasteiger partial charge in [0.15, 0.2) is 0 Å². The van der Waals surface area contributed by atoms with Gasteiger partial charge < -0.3 is 15.1 Å². The van der Waals surface area contributed by atoms with Crippen LogP contribution >= 0.6 is 0 Å². The molecule has 2 aliphatic rings. The standard InChI is InChI=1S/C21H25N3O3/c1-14-6-7-18(27-14)13-24-9-8-22-21(26)19(24)12-20(25)23-17-10-15-4-2-3-5-16(15)11-17/h2-7,17,19H,8-13H2,1H3,(H,22,26)(H,23,25). The summed E-state index contributed by atoms with van der Waals surface area (Å²) >= 11 is 0. The van der Waals surface area contributed by atoms with Crippen molar-refractivity contribution in [3.05, 3.63) is 59.0 Å². The number of aryl methyl sites for hydroxylation is 1. The molecule has 6 nitrogen and oxygen atoms in total. The summed E-state index contributed by atoms with van der Waals surface area (Å²) in [6, 6.07) is 11.8. The van der Waals surface area contributed by atoms with Crippen LogP contribution in [0.1, 0.15) is 29.1 Å². The number of piperazine rings is 1. The number of furan rings is 1. The molecule has 0 radical (unpaired) electrons. The lowest BCUT2D eigenvalue weighted by molar-refractivity contribution is -0.134. The molecular weight excluding hydrogens is 342 g/mol. The van der Waals surface area contributed by atoms with Gasteiger partial charge >= 0.3 is 0 Å². The predicted molar refractivity (Wildman–Crippen MR) is 101 cm³/mol. The molecule has 2 amide bonds. The highest BCUT2D eigenvalue weighted by Gasteiger charge is 2.33. The van der Waals surface area contributed by atoms with E-state index >= 15 is 0 Å². The maximum Gasteiger partial charge on any atom is 0.237 e. The van der Waals surface area contributed by atoms with Crippen molar-refractivity contribution in [2.45, 2.75) is 44.8 Å². The third-order valence-electron chi connectivity index (χ3n) is 5.39. The highest BCUT2D eigenvalue weighted by atomic mass is 16.3. The van der Waals surface area contributed by atoms with Gasteiger partial charge in [0.2, 0.25) is 11.8 Å². The third-order valence-corrected chi connectivity index (χ3v) is 5.39. The molecule has 0 spiro atoms. The van der Waals surface area contributed by atoms with E-state index in [1.54, 1.807) is 0 Å². The molecular formula is C21H25N3O3. The predicted octanol–water partition coefficient (Wildman–Crippen LogP) is 1.56. The van der Waals surface area contributed by atoms with Crippen molar-refractivity contribution in [1.82, 2.24) is 15.5 Å². The van der Waals surface area contributed by atoms with Gasteiger partial charge in [0, 0.05) is 19.1 Å². The molecule has 1 aliphatic heterocycles. The molecule has 0 saturated carbocycles. The highest BCUT2D eigenvalue weighted by Crippen LogP contribution is 2.22. The number of benzene rings is 1. The summed E-state index contributed by atoms with van der Waals surface area (Å²) in [5, 5.41) is 5.99. The average molecular weight is 367 g/mol. The fourth-order valence-corrected chi connectivity index (χ4v) is 4.07. The largest absolute Gasteiger partial charge is 0.465 e. The van der Waals surface area contributed by atoms with E-state index in [1.807, 2.05) is 36.1 Å². The fourth-order valence-electron chi connectivity index (χ4n) is 4.07. The van der Waals surface area contributed by atoms with E-state index in [0.717, 1.165) is 24.4 Å². The number of hydrogen-bond acceptors (Lipinski definition) is 4. The lowest BCUT2D eigenvalue weighted by Crippen LogP contribution is -2.56. The van der Waals surface area contributed by atoms with Crippen molar-refractivity contribution < 1.29 is 14.0 Å². The molecule has 1 fully saturated rings. The first-order valence-electron chi connectivity index (χ1n) is 9.52. The summed E-state index contributed by atoms with van der Waals surface area (Å²) in [4.78, 5) is 27.0. The minimum Gasteiger partial charge on any atom is -0.465 e. The number of fused-ring (bicyclic) bond motifs is 1. The van der Waals surface area contributed by atoms with E-state index in [0.29, 0.717) is 19.6 Å².